The first-order chi connectivity index (χ1) is 11.5. The number of aromatic nitrogens is 5. The fourth-order valence-corrected chi connectivity index (χ4v) is 2.32. The number of carbonyl (C=O) groups excluding carboxylic acids is 1. The zero-order valence-electron chi connectivity index (χ0n) is 13.8. The molecule has 7 nitrogen and oxygen atoms in total. The highest BCUT2D eigenvalue weighted by Crippen LogP contribution is 2.20. The number of tetrazole rings is 1. The lowest BCUT2D eigenvalue weighted by Gasteiger charge is -2.09. The van der Waals surface area contributed by atoms with E-state index in [1.165, 1.54) is 0 Å². The number of amides is 1. The molecular formula is C17H18N6O. The van der Waals surface area contributed by atoms with Crippen molar-refractivity contribution in [1.29, 1.82) is 0 Å². The zero-order valence-corrected chi connectivity index (χ0v) is 13.8. The second-order valence-corrected chi connectivity index (χ2v) is 5.79. The van der Waals surface area contributed by atoms with E-state index in [4.69, 9.17) is 0 Å². The molecule has 2 aromatic heterocycles. The van der Waals surface area contributed by atoms with Crippen LogP contribution in [0.15, 0.2) is 42.6 Å². The maximum atomic E-state index is 12.5. The van der Waals surface area contributed by atoms with Gasteiger partial charge in [0.15, 0.2) is 5.82 Å². The quantitative estimate of drug-likeness (QED) is 0.798. The van der Waals surface area contributed by atoms with Crippen LogP contribution in [0.4, 0.5) is 5.82 Å². The second kappa shape index (κ2) is 6.57. The molecule has 7 heteroatoms. The first kappa shape index (κ1) is 15.8. The average molecular weight is 322 g/mol. The van der Waals surface area contributed by atoms with Crippen molar-refractivity contribution in [2.45, 2.75) is 26.8 Å². The van der Waals surface area contributed by atoms with Crippen molar-refractivity contribution in [2.75, 3.05) is 5.32 Å². The van der Waals surface area contributed by atoms with E-state index in [0.29, 0.717) is 17.2 Å². The van der Waals surface area contributed by atoms with Gasteiger partial charge in [0.25, 0.3) is 5.91 Å². The minimum Gasteiger partial charge on any atom is -0.307 e. The molecule has 0 aliphatic heterocycles. The Bertz CT molecular complexity index is 871. The number of rotatable bonds is 4. The van der Waals surface area contributed by atoms with Gasteiger partial charge < -0.3 is 5.32 Å². The minimum atomic E-state index is -0.224. The Morgan fingerprint density at radius 3 is 2.79 bits per heavy atom. The van der Waals surface area contributed by atoms with Crippen LogP contribution in [0.3, 0.4) is 0 Å². The number of anilines is 1. The van der Waals surface area contributed by atoms with Crippen LogP contribution in [-0.4, -0.2) is 31.1 Å². The number of hydrogen-bond donors (Lipinski definition) is 1. The lowest BCUT2D eigenvalue weighted by atomic mass is 10.1. The third kappa shape index (κ3) is 3.29. The summed E-state index contributed by atoms with van der Waals surface area (Å²) >= 11 is 0. The van der Waals surface area contributed by atoms with Gasteiger partial charge in [-0.3, -0.25) is 4.79 Å². The van der Waals surface area contributed by atoms with E-state index in [1.807, 2.05) is 45.0 Å². The summed E-state index contributed by atoms with van der Waals surface area (Å²) in [4.78, 5) is 16.6. The molecule has 0 unspecified atom stereocenters. The number of hydrogen-bond acceptors (Lipinski definition) is 5. The number of nitrogens with zero attached hydrogens (tertiary/aromatic N) is 5. The Balaban J connectivity index is 1.87. The molecule has 122 valence electrons. The predicted molar refractivity (Wildman–Crippen MR) is 90.6 cm³/mol. The summed E-state index contributed by atoms with van der Waals surface area (Å²) in [6.07, 6.45) is 1.66. The number of nitrogens with one attached hydrogen (secondary N) is 1. The molecule has 1 N–H and O–H groups in total. The van der Waals surface area contributed by atoms with Crippen molar-refractivity contribution in [1.82, 2.24) is 25.2 Å². The zero-order chi connectivity index (χ0) is 17.1. The normalized spacial score (nSPS) is 10.8. The minimum absolute atomic E-state index is 0.129. The van der Waals surface area contributed by atoms with Crippen LogP contribution in [0.5, 0.6) is 0 Å². The lowest BCUT2D eigenvalue weighted by molar-refractivity contribution is 0.102. The van der Waals surface area contributed by atoms with Crippen LogP contribution in [0, 0.1) is 6.92 Å². The molecule has 0 saturated heterocycles. The molecule has 3 rings (SSSR count). The van der Waals surface area contributed by atoms with Gasteiger partial charge in [-0.15, -0.1) is 5.10 Å². The summed E-state index contributed by atoms with van der Waals surface area (Å²) in [6.45, 7) is 5.95. The molecular weight excluding hydrogens is 304 g/mol. The fourth-order valence-electron chi connectivity index (χ4n) is 2.32. The lowest BCUT2D eigenvalue weighted by Crippen LogP contribution is -2.13. The molecule has 0 aliphatic carbocycles. The molecule has 0 aliphatic rings. The number of pyridine rings is 1. The van der Waals surface area contributed by atoms with Gasteiger partial charge in [0, 0.05) is 17.3 Å². The van der Waals surface area contributed by atoms with Gasteiger partial charge in [0.05, 0.1) is 6.04 Å². The molecule has 24 heavy (non-hydrogen) atoms. The Morgan fingerprint density at radius 2 is 2.04 bits per heavy atom. The summed E-state index contributed by atoms with van der Waals surface area (Å²) < 4.78 is 1.72. The van der Waals surface area contributed by atoms with Crippen LogP contribution in [0.1, 0.15) is 35.8 Å². The third-order valence-corrected chi connectivity index (χ3v) is 3.52. The topological polar surface area (TPSA) is 85.6 Å². The van der Waals surface area contributed by atoms with Gasteiger partial charge in [-0.05, 0) is 61.0 Å². The van der Waals surface area contributed by atoms with Crippen LogP contribution < -0.4 is 5.32 Å². The predicted octanol–water partition coefficient (Wildman–Crippen LogP) is 2.88. The maximum Gasteiger partial charge on any atom is 0.256 e. The Hall–Kier alpha value is -3.09. The molecule has 0 fully saturated rings. The standard InChI is InChI=1S/C17H18N6O/c1-11(2)23-16(20-21-22-23)13-5-4-6-14(10-13)17(24)19-15-9-12(3)7-8-18-15/h4-11H,1-3H3,(H,18,19,24). The third-order valence-electron chi connectivity index (χ3n) is 3.52. The van der Waals surface area contributed by atoms with Crippen LogP contribution >= 0.6 is 0 Å². The highest BCUT2D eigenvalue weighted by atomic mass is 16.1. The molecule has 3 aromatic rings. The first-order valence-corrected chi connectivity index (χ1v) is 7.67. The van der Waals surface area contributed by atoms with Crippen LogP contribution in [0.25, 0.3) is 11.4 Å². The van der Waals surface area contributed by atoms with E-state index in [9.17, 15) is 4.79 Å². The summed E-state index contributed by atoms with van der Waals surface area (Å²) in [5.74, 6) is 0.935. The molecule has 1 aromatic carbocycles. The van der Waals surface area contributed by atoms with Gasteiger partial charge in [-0.25, -0.2) is 9.67 Å². The summed E-state index contributed by atoms with van der Waals surface area (Å²) in [6, 6.07) is 11.0. The molecule has 0 atom stereocenters. The second-order valence-electron chi connectivity index (χ2n) is 5.79. The Labute approximate surface area is 139 Å². The Morgan fingerprint density at radius 1 is 1.21 bits per heavy atom. The first-order valence-electron chi connectivity index (χ1n) is 7.67. The SMILES string of the molecule is Cc1ccnc(NC(=O)c2cccc(-c3nnnn3C(C)C)c2)c1. The van der Waals surface area contributed by atoms with Crippen molar-refractivity contribution >= 4 is 11.7 Å². The maximum absolute atomic E-state index is 12.5. The van der Waals surface area contributed by atoms with Crippen LogP contribution in [-0.2, 0) is 0 Å². The molecule has 1 amide bonds. The average Bonchev–Trinajstić information content (AvgIpc) is 3.05. The van der Waals surface area contributed by atoms with E-state index in [-0.39, 0.29) is 11.9 Å². The fraction of sp³-hybridized carbons (Fsp3) is 0.235. The number of benzene rings is 1. The van der Waals surface area contributed by atoms with Gasteiger partial charge >= 0.3 is 0 Å². The van der Waals surface area contributed by atoms with E-state index in [0.717, 1.165) is 11.1 Å². The summed E-state index contributed by atoms with van der Waals surface area (Å²) in [5.41, 5.74) is 2.35. The highest BCUT2D eigenvalue weighted by Gasteiger charge is 2.14. The van der Waals surface area contributed by atoms with Gasteiger partial charge in [-0.2, -0.15) is 0 Å². The largest absolute Gasteiger partial charge is 0.307 e. The molecule has 0 radical (unpaired) electrons. The Kier molecular flexibility index (Phi) is 4.33. The summed E-state index contributed by atoms with van der Waals surface area (Å²) in [7, 11) is 0. The van der Waals surface area contributed by atoms with E-state index in [1.54, 1.807) is 23.0 Å². The van der Waals surface area contributed by atoms with Gasteiger partial charge in [0.2, 0.25) is 0 Å². The van der Waals surface area contributed by atoms with Crippen molar-refractivity contribution in [3.8, 4) is 11.4 Å². The highest BCUT2D eigenvalue weighted by molar-refractivity contribution is 6.04. The molecule has 0 bridgehead atoms. The van der Waals surface area contributed by atoms with Crippen molar-refractivity contribution in [3.63, 3.8) is 0 Å². The van der Waals surface area contributed by atoms with E-state index >= 15 is 0 Å². The van der Waals surface area contributed by atoms with Crippen molar-refractivity contribution < 1.29 is 4.79 Å². The van der Waals surface area contributed by atoms with Gasteiger partial charge in [-0.1, -0.05) is 12.1 Å². The monoisotopic (exact) mass is 322 g/mol. The molecule has 0 spiro atoms. The van der Waals surface area contributed by atoms with Crippen molar-refractivity contribution in [3.05, 3.63) is 53.7 Å². The number of carbonyl (C=O) groups is 1. The molecule has 2 heterocycles. The number of aryl methyl sites for hydroxylation is 1. The smallest absolute Gasteiger partial charge is 0.256 e. The van der Waals surface area contributed by atoms with Crippen molar-refractivity contribution in [2.24, 2.45) is 0 Å². The molecule has 0 saturated carbocycles. The van der Waals surface area contributed by atoms with Crippen LogP contribution in [0.2, 0.25) is 0 Å². The van der Waals surface area contributed by atoms with Gasteiger partial charge in [0.1, 0.15) is 5.82 Å². The van der Waals surface area contributed by atoms with E-state index in [2.05, 4.69) is 25.8 Å². The van der Waals surface area contributed by atoms with E-state index < -0.39 is 0 Å². The summed E-state index contributed by atoms with van der Waals surface area (Å²) in [5, 5.41) is 14.6.